The minimum atomic E-state index is -0.799. The highest BCUT2D eigenvalue weighted by Crippen LogP contribution is 2.17. The molecule has 0 aliphatic carbocycles. The number of allylic oxidation sites excluding steroid dienone is 12. The number of carbonyl (C=O) groups excluding carboxylic acids is 3. The SMILES string of the molecule is CCCCC/C=C/C/C=C/C/C=C/C/C=C/CCCC(=O)OC[C@H](COC(=O)CCCCCCCCCCC/C=C/C/C=C/CCCCC)OC(=O)CCCCCCCCCCCCCCCCCCCCC. The first kappa shape index (κ1) is 69.8. The van der Waals surface area contributed by atoms with Crippen LogP contribution in [-0.4, -0.2) is 37.2 Å². The zero-order valence-corrected chi connectivity index (χ0v) is 48.4. The predicted octanol–water partition coefficient (Wildman–Crippen LogP) is 21.3. The highest BCUT2D eigenvalue weighted by molar-refractivity contribution is 5.71. The summed E-state index contributed by atoms with van der Waals surface area (Å²) in [6.07, 6.45) is 79.0. The number of hydrogen-bond acceptors (Lipinski definition) is 6. The quantitative estimate of drug-likeness (QED) is 0.0261. The highest BCUT2D eigenvalue weighted by Gasteiger charge is 2.19. The summed E-state index contributed by atoms with van der Waals surface area (Å²) in [6.45, 7) is 6.58. The van der Waals surface area contributed by atoms with E-state index >= 15 is 0 Å². The van der Waals surface area contributed by atoms with Gasteiger partial charge in [0.25, 0.3) is 0 Å². The maximum absolute atomic E-state index is 12.9. The van der Waals surface area contributed by atoms with E-state index in [0.717, 1.165) is 70.6 Å². The summed E-state index contributed by atoms with van der Waals surface area (Å²) < 4.78 is 16.9. The molecule has 1 atom stereocenters. The summed E-state index contributed by atoms with van der Waals surface area (Å²) in [5.74, 6) is -0.939. The van der Waals surface area contributed by atoms with Gasteiger partial charge in [-0.2, -0.15) is 0 Å². The van der Waals surface area contributed by atoms with Crippen LogP contribution >= 0.6 is 0 Å². The maximum atomic E-state index is 12.9. The number of carbonyl (C=O) groups is 3. The topological polar surface area (TPSA) is 78.9 Å². The third-order valence-electron chi connectivity index (χ3n) is 13.7. The van der Waals surface area contributed by atoms with Gasteiger partial charge in [-0.15, -0.1) is 0 Å². The Bertz CT molecular complexity index is 1360. The molecule has 0 rings (SSSR count). The molecular weight excluding hydrogens is 901 g/mol. The molecule has 0 saturated heterocycles. The molecule has 0 radical (unpaired) electrons. The Morgan fingerprint density at radius 1 is 0.274 bits per heavy atom. The van der Waals surface area contributed by atoms with Gasteiger partial charge in [0.1, 0.15) is 13.2 Å². The van der Waals surface area contributed by atoms with E-state index in [1.807, 2.05) is 0 Å². The smallest absolute Gasteiger partial charge is 0.306 e. The van der Waals surface area contributed by atoms with Crippen LogP contribution in [0.1, 0.15) is 316 Å². The molecule has 0 aliphatic heterocycles. The van der Waals surface area contributed by atoms with Gasteiger partial charge in [0.2, 0.25) is 0 Å². The molecular formula is C67H118O6. The van der Waals surface area contributed by atoms with Gasteiger partial charge in [-0.05, 0) is 89.9 Å². The number of rotatable bonds is 57. The van der Waals surface area contributed by atoms with Gasteiger partial charge in [-0.25, -0.2) is 0 Å². The first-order valence-electron chi connectivity index (χ1n) is 31.4. The molecule has 6 heteroatoms. The molecule has 0 aliphatic rings. The zero-order valence-electron chi connectivity index (χ0n) is 48.4. The molecule has 0 N–H and O–H groups in total. The molecule has 6 nitrogen and oxygen atoms in total. The molecule has 0 saturated carbocycles. The molecule has 0 amide bonds. The van der Waals surface area contributed by atoms with E-state index in [1.54, 1.807) is 0 Å². The molecule has 422 valence electrons. The van der Waals surface area contributed by atoms with Gasteiger partial charge in [0.05, 0.1) is 0 Å². The molecule has 0 unspecified atom stereocenters. The summed E-state index contributed by atoms with van der Waals surface area (Å²) in [7, 11) is 0. The van der Waals surface area contributed by atoms with Crippen LogP contribution in [0.25, 0.3) is 0 Å². The van der Waals surface area contributed by atoms with Crippen LogP contribution in [0.4, 0.5) is 0 Å². The van der Waals surface area contributed by atoms with Crippen molar-refractivity contribution in [2.45, 2.75) is 322 Å². The average molecular weight is 1020 g/mol. The first-order chi connectivity index (χ1) is 36.0. The zero-order chi connectivity index (χ0) is 52.9. The second kappa shape index (κ2) is 61.4. The summed E-state index contributed by atoms with van der Waals surface area (Å²) in [6, 6.07) is 0. The van der Waals surface area contributed by atoms with Crippen molar-refractivity contribution in [1.29, 1.82) is 0 Å². The van der Waals surface area contributed by atoms with Crippen LogP contribution in [0.2, 0.25) is 0 Å². The van der Waals surface area contributed by atoms with Crippen molar-refractivity contribution in [1.82, 2.24) is 0 Å². The second-order valence-electron chi connectivity index (χ2n) is 21.0. The van der Waals surface area contributed by atoms with Crippen molar-refractivity contribution in [3.63, 3.8) is 0 Å². The summed E-state index contributed by atoms with van der Waals surface area (Å²) in [4.78, 5) is 38.3. The Morgan fingerprint density at radius 3 is 0.849 bits per heavy atom. The minimum Gasteiger partial charge on any atom is -0.462 e. The predicted molar refractivity (Wildman–Crippen MR) is 316 cm³/mol. The van der Waals surface area contributed by atoms with Crippen LogP contribution in [0, 0.1) is 0 Å². The second-order valence-corrected chi connectivity index (χ2v) is 21.0. The van der Waals surface area contributed by atoms with Gasteiger partial charge in [-0.3, -0.25) is 14.4 Å². The lowest BCUT2D eigenvalue weighted by Crippen LogP contribution is -2.30. The number of esters is 3. The van der Waals surface area contributed by atoms with E-state index < -0.39 is 6.10 Å². The minimum absolute atomic E-state index is 0.0920. The molecule has 73 heavy (non-hydrogen) atoms. The van der Waals surface area contributed by atoms with E-state index in [0.29, 0.717) is 19.3 Å². The van der Waals surface area contributed by atoms with Crippen LogP contribution in [0.3, 0.4) is 0 Å². The third kappa shape index (κ3) is 59.6. The molecule has 0 spiro atoms. The average Bonchev–Trinajstić information content (AvgIpc) is 3.39. The Morgan fingerprint density at radius 2 is 0.507 bits per heavy atom. The fraction of sp³-hybridized carbons (Fsp3) is 0.776. The standard InChI is InChI=1S/C67H118O6/c1-4-7-10-13-16-19-22-25-28-31-33-36-39-42-45-48-51-54-57-60-66(69)72-63-64(62-71-65(68)59-56-53-50-47-44-41-38-35-30-27-24-21-18-15-12-9-6-3)73-67(70)61-58-55-52-49-46-43-40-37-34-32-29-26-23-20-17-14-11-8-5-2/h16,18-19,21,25,27-28,30,38,41,47,50,64H,4-15,17,20,22-24,26,29,31-37,39-40,42-46,48-49,51-63H2,1-3H3/b19-16+,21-18+,28-25+,30-27+,41-38+,50-47+/t64-/m1/s1. The molecule has 0 heterocycles. The van der Waals surface area contributed by atoms with Crippen molar-refractivity contribution in [3.05, 3.63) is 72.9 Å². The molecule has 0 aromatic heterocycles. The Hall–Kier alpha value is -3.15. The number of hydrogen-bond donors (Lipinski definition) is 0. The van der Waals surface area contributed by atoms with Gasteiger partial charge in [-0.1, -0.05) is 280 Å². The molecule has 0 bridgehead atoms. The fourth-order valence-electron chi connectivity index (χ4n) is 8.94. The van der Waals surface area contributed by atoms with Crippen molar-refractivity contribution < 1.29 is 28.6 Å². The summed E-state index contributed by atoms with van der Waals surface area (Å²) >= 11 is 0. The number of ether oxygens (including phenoxy) is 3. The monoisotopic (exact) mass is 1020 g/mol. The Kier molecular flexibility index (Phi) is 58.7. The van der Waals surface area contributed by atoms with Gasteiger partial charge in [0, 0.05) is 19.3 Å². The molecule has 0 fully saturated rings. The fourth-order valence-corrected chi connectivity index (χ4v) is 8.94. The maximum Gasteiger partial charge on any atom is 0.306 e. The van der Waals surface area contributed by atoms with E-state index in [1.165, 1.54) is 199 Å². The first-order valence-corrected chi connectivity index (χ1v) is 31.4. The van der Waals surface area contributed by atoms with Crippen LogP contribution in [-0.2, 0) is 28.6 Å². The van der Waals surface area contributed by atoms with Crippen LogP contribution < -0.4 is 0 Å². The van der Waals surface area contributed by atoms with Crippen molar-refractivity contribution >= 4 is 17.9 Å². The normalized spacial score (nSPS) is 12.5. The van der Waals surface area contributed by atoms with Crippen molar-refractivity contribution in [2.75, 3.05) is 13.2 Å². The lowest BCUT2D eigenvalue weighted by Gasteiger charge is -2.18. The summed E-state index contributed by atoms with van der Waals surface area (Å²) in [5.41, 5.74) is 0. The van der Waals surface area contributed by atoms with Gasteiger partial charge >= 0.3 is 17.9 Å². The number of unbranched alkanes of at least 4 members (excludes halogenated alkanes) is 34. The molecule has 0 aromatic rings. The van der Waals surface area contributed by atoms with Crippen molar-refractivity contribution in [2.24, 2.45) is 0 Å². The van der Waals surface area contributed by atoms with E-state index in [9.17, 15) is 14.4 Å². The lowest BCUT2D eigenvalue weighted by molar-refractivity contribution is -0.167. The largest absolute Gasteiger partial charge is 0.462 e. The van der Waals surface area contributed by atoms with E-state index in [4.69, 9.17) is 14.2 Å². The lowest BCUT2D eigenvalue weighted by atomic mass is 10.0. The van der Waals surface area contributed by atoms with E-state index in [2.05, 4.69) is 93.7 Å². The third-order valence-corrected chi connectivity index (χ3v) is 13.7. The van der Waals surface area contributed by atoms with Crippen LogP contribution in [0.15, 0.2) is 72.9 Å². The van der Waals surface area contributed by atoms with E-state index in [-0.39, 0.29) is 37.5 Å². The van der Waals surface area contributed by atoms with Gasteiger partial charge in [0.15, 0.2) is 6.10 Å². The highest BCUT2D eigenvalue weighted by atomic mass is 16.6. The molecule has 0 aromatic carbocycles. The van der Waals surface area contributed by atoms with Crippen LogP contribution in [0.5, 0.6) is 0 Å². The summed E-state index contributed by atoms with van der Waals surface area (Å²) in [5, 5.41) is 0. The van der Waals surface area contributed by atoms with Crippen molar-refractivity contribution in [3.8, 4) is 0 Å². The Balaban J connectivity index is 4.43. The van der Waals surface area contributed by atoms with Gasteiger partial charge < -0.3 is 14.2 Å². The Labute approximate surface area is 453 Å².